The van der Waals surface area contributed by atoms with Gasteiger partial charge in [-0.15, -0.1) is 0 Å². The molecule has 0 bridgehead atoms. The van der Waals surface area contributed by atoms with Crippen molar-refractivity contribution < 1.29 is 19.0 Å². The number of unbranched alkanes of at least 4 members (excludes halogenated alkanes) is 5. The van der Waals surface area contributed by atoms with Crippen LogP contribution in [0.3, 0.4) is 0 Å². The third kappa shape index (κ3) is 5.69. The van der Waals surface area contributed by atoms with Gasteiger partial charge in [0.05, 0.1) is 6.61 Å². The molecule has 4 heteroatoms. The van der Waals surface area contributed by atoms with Crippen LogP contribution in [0.1, 0.15) is 117 Å². The van der Waals surface area contributed by atoms with Crippen molar-refractivity contribution in [2.75, 3.05) is 20.5 Å². The molecule has 0 N–H and O–H groups in total. The van der Waals surface area contributed by atoms with E-state index in [2.05, 4.69) is 19.9 Å². The van der Waals surface area contributed by atoms with Crippen LogP contribution in [0.15, 0.2) is 11.6 Å². The summed E-state index contributed by atoms with van der Waals surface area (Å²) in [6.45, 7) is 7.62. The molecule has 0 aliphatic heterocycles. The van der Waals surface area contributed by atoms with Crippen LogP contribution in [0, 0.1) is 34.5 Å². The lowest BCUT2D eigenvalue weighted by molar-refractivity contribution is -0.151. The molecule has 35 heavy (non-hydrogen) atoms. The highest BCUT2D eigenvalue weighted by Gasteiger charge is 2.59. The number of rotatable bonds is 12. The van der Waals surface area contributed by atoms with Gasteiger partial charge < -0.3 is 14.2 Å². The predicted octanol–water partition coefficient (Wildman–Crippen LogP) is 7.85. The number of hydrogen-bond donors (Lipinski definition) is 0. The molecule has 4 rings (SSSR count). The standard InChI is InChI=1S/C31H52O4/c1-5-6-7-8-9-10-11-24-13-15-28-27-14-12-25-20-26(35-23(2)32)16-19-31(25,21-34-22-33-4)29(27)17-18-30(24,28)3/h12,24,26-29H,5-11,13-22H2,1-4H3/t24-,26-,27-,28-,29-,30+,31+/m0/s1. The van der Waals surface area contributed by atoms with Gasteiger partial charge in [0.15, 0.2) is 0 Å². The first-order valence-electron chi connectivity index (χ1n) is 14.9. The second-order valence-corrected chi connectivity index (χ2v) is 12.6. The quantitative estimate of drug-likeness (QED) is 0.121. The first-order valence-corrected chi connectivity index (χ1v) is 14.9. The zero-order valence-corrected chi connectivity index (χ0v) is 23.1. The molecular formula is C31H52O4. The fourth-order valence-corrected chi connectivity index (χ4v) is 9.09. The topological polar surface area (TPSA) is 44.8 Å². The van der Waals surface area contributed by atoms with Crippen molar-refractivity contribution in [2.24, 2.45) is 34.5 Å². The summed E-state index contributed by atoms with van der Waals surface area (Å²) >= 11 is 0. The Bertz CT molecular complexity index is 731. The molecule has 0 heterocycles. The molecule has 0 radical (unpaired) electrons. The minimum Gasteiger partial charge on any atom is -0.462 e. The number of carbonyl (C=O) groups is 1. The second-order valence-electron chi connectivity index (χ2n) is 12.6. The zero-order chi connectivity index (χ0) is 24.9. The highest BCUT2D eigenvalue weighted by molar-refractivity contribution is 5.66. The highest BCUT2D eigenvalue weighted by Crippen LogP contribution is 2.67. The predicted molar refractivity (Wildman–Crippen MR) is 141 cm³/mol. The zero-order valence-electron chi connectivity index (χ0n) is 23.1. The molecule has 0 amide bonds. The lowest BCUT2D eigenvalue weighted by atomic mass is 9.47. The fraction of sp³-hybridized carbons (Fsp3) is 0.903. The van der Waals surface area contributed by atoms with Gasteiger partial charge in [0.25, 0.3) is 0 Å². The average molecular weight is 489 g/mol. The molecule has 0 aromatic rings. The summed E-state index contributed by atoms with van der Waals surface area (Å²) in [5.74, 6) is 3.11. The molecule has 0 saturated heterocycles. The van der Waals surface area contributed by atoms with Crippen molar-refractivity contribution >= 4 is 5.97 Å². The first-order chi connectivity index (χ1) is 16.9. The molecule has 0 aromatic heterocycles. The molecule has 0 unspecified atom stereocenters. The van der Waals surface area contributed by atoms with E-state index < -0.39 is 0 Å². The summed E-state index contributed by atoms with van der Waals surface area (Å²) in [6.07, 6.45) is 22.2. The van der Waals surface area contributed by atoms with E-state index in [0.29, 0.717) is 18.1 Å². The lowest BCUT2D eigenvalue weighted by Crippen LogP contribution is -2.53. The van der Waals surface area contributed by atoms with Crippen molar-refractivity contribution in [1.29, 1.82) is 0 Å². The Kier molecular flexibility index (Phi) is 9.41. The van der Waals surface area contributed by atoms with E-state index in [1.165, 1.54) is 82.6 Å². The first kappa shape index (κ1) is 27.2. The van der Waals surface area contributed by atoms with Crippen LogP contribution in [0.25, 0.3) is 0 Å². The summed E-state index contributed by atoms with van der Waals surface area (Å²) in [6, 6.07) is 0. The molecule has 0 spiro atoms. The summed E-state index contributed by atoms with van der Waals surface area (Å²) in [4.78, 5) is 11.6. The highest BCUT2D eigenvalue weighted by atomic mass is 16.7. The number of allylic oxidation sites excluding steroid dienone is 1. The fourth-order valence-electron chi connectivity index (χ4n) is 9.09. The van der Waals surface area contributed by atoms with Crippen LogP contribution in [0.2, 0.25) is 0 Å². The van der Waals surface area contributed by atoms with Gasteiger partial charge in [0, 0.05) is 25.9 Å². The van der Waals surface area contributed by atoms with Crippen LogP contribution in [0.4, 0.5) is 0 Å². The van der Waals surface area contributed by atoms with Crippen molar-refractivity contribution in [3.8, 4) is 0 Å². The molecule has 3 fully saturated rings. The third-order valence-corrected chi connectivity index (χ3v) is 10.8. The molecular weight excluding hydrogens is 436 g/mol. The number of ether oxygens (including phenoxy) is 3. The third-order valence-electron chi connectivity index (χ3n) is 10.8. The molecule has 0 aromatic carbocycles. The maximum absolute atomic E-state index is 11.6. The van der Waals surface area contributed by atoms with Gasteiger partial charge in [-0.2, -0.15) is 0 Å². The minimum atomic E-state index is -0.150. The van der Waals surface area contributed by atoms with E-state index in [9.17, 15) is 4.79 Å². The van der Waals surface area contributed by atoms with Crippen LogP contribution in [-0.2, 0) is 19.0 Å². The molecule has 4 aliphatic carbocycles. The van der Waals surface area contributed by atoms with Gasteiger partial charge in [-0.1, -0.05) is 64.0 Å². The summed E-state index contributed by atoms with van der Waals surface area (Å²) < 4.78 is 17.1. The molecule has 7 atom stereocenters. The number of fused-ring (bicyclic) bond motifs is 5. The SMILES string of the molecule is CCCCCCCC[C@H]1CC[C@H]2[C@@H]3CC=C4C[C@@H](OC(C)=O)CC[C@]4(COCOC)[C@H]3CC[C@]12C. The largest absolute Gasteiger partial charge is 0.462 e. The smallest absolute Gasteiger partial charge is 0.302 e. The van der Waals surface area contributed by atoms with E-state index >= 15 is 0 Å². The molecule has 4 nitrogen and oxygen atoms in total. The van der Waals surface area contributed by atoms with Gasteiger partial charge in [0.2, 0.25) is 0 Å². The van der Waals surface area contributed by atoms with Crippen molar-refractivity contribution in [1.82, 2.24) is 0 Å². The van der Waals surface area contributed by atoms with E-state index in [1.807, 2.05) is 0 Å². The van der Waals surface area contributed by atoms with Crippen LogP contribution < -0.4 is 0 Å². The molecule has 4 aliphatic rings. The maximum Gasteiger partial charge on any atom is 0.302 e. The second kappa shape index (κ2) is 12.1. The van der Waals surface area contributed by atoms with E-state index in [0.717, 1.165) is 43.6 Å². The Morgan fingerprint density at radius 2 is 1.83 bits per heavy atom. The van der Waals surface area contributed by atoms with Gasteiger partial charge in [-0.3, -0.25) is 4.79 Å². The average Bonchev–Trinajstić information content (AvgIpc) is 3.17. The summed E-state index contributed by atoms with van der Waals surface area (Å²) in [5.41, 5.74) is 2.15. The van der Waals surface area contributed by atoms with Crippen molar-refractivity contribution in [3.63, 3.8) is 0 Å². The number of methoxy groups -OCH3 is 1. The Morgan fingerprint density at radius 1 is 1.03 bits per heavy atom. The van der Waals surface area contributed by atoms with Crippen molar-refractivity contribution in [3.05, 3.63) is 11.6 Å². The van der Waals surface area contributed by atoms with Crippen molar-refractivity contribution in [2.45, 2.75) is 123 Å². The van der Waals surface area contributed by atoms with Crippen LogP contribution in [0.5, 0.6) is 0 Å². The number of esters is 1. The Morgan fingerprint density at radius 3 is 2.60 bits per heavy atom. The summed E-state index contributed by atoms with van der Waals surface area (Å²) in [5, 5.41) is 0. The molecule has 3 saturated carbocycles. The minimum absolute atomic E-state index is 0.0351. The van der Waals surface area contributed by atoms with E-state index in [-0.39, 0.29) is 17.5 Å². The number of hydrogen-bond acceptors (Lipinski definition) is 4. The Labute approximate surface area is 214 Å². The van der Waals surface area contributed by atoms with E-state index in [4.69, 9.17) is 14.2 Å². The number of carbonyl (C=O) groups excluding carboxylic acids is 1. The van der Waals surface area contributed by atoms with Gasteiger partial charge >= 0.3 is 5.97 Å². The van der Waals surface area contributed by atoms with E-state index in [1.54, 1.807) is 14.0 Å². The summed E-state index contributed by atoms with van der Waals surface area (Å²) in [7, 11) is 1.71. The Hall–Kier alpha value is -0.870. The van der Waals surface area contributed by atoms with Crippen LogP contribution >= 0.6 is 0 Å². The maximum atomic E-state index is 11.6. The normalized spacial score (nSPS) is 38.3. The van der Waals surface area contributed by atoms with Crippen LogP contribution in [-0.4, -0.2) is 32.6 Å². The monoisotopic (exact) mass is 488 g/mol. The lowest BCUT2D eigenvalue weighted by Gasteiger charge is -2.59. The molecule has 200 valence electrons. The van der Waals surface area contributed by atoms with Gasteiger partial charge in [-0.25, -0.2) is 0 Å². The Balaban J connectivity index is 1.46. The van der Waals surface area contributed by atoms with Gasteiger partial charge in [-0.05, 0) is 80.5 Å². The van der Waals surface area contributed by atoms with Gasteiger partial charge in [0.1, 0.15) is 12.9 Å².